The maximum Gasteiger partial charge on any atom is 0.246 e. The van der Waals surface area contributed by atoms with Gasteiger partial charge >= 0.3 is 0 Å². The summed E-state index contributed by atoms with van der Waals surface area (Å²) >= 11 is 0. The van der Waals surface area contributed by atoms with Gasteiger partial charge in [-0.2, -0.15) is 0 Å². The van der Waals surface area contributed by atoms with Crippen molar-refractivity contribution in [3.63, 3.8) is 0 Å². The molecule has 1 aliphatic rings. The molecule has 2 rings (SSSR count). The van der Waals surface area contributed by atoms with Crippen molar-refractivity contribution < 1.29 is 9.21 Å². The molecule has 0 unspecified atom stereocenters. The fraction of sp³-hybridized carbons (Fsp3) is 0.500. The van der Waals surface area contributed by atoms with Gasteiger partial charge in [0, 0.05) is 25.2 Å². The molecule has 0 radical (unpaired) electrons. The van der Waals surface area contributed by atoms with Crippen molar-refractivity contribution in [3.05, 3.63) is 30.2 Å². The van der Waals surface area contributed by atoms with E-state index in [9.17, 15) is 4.79 Å². The summed E-state index contributed by atoms with van der Waals surface area (Å²) in [5.74, 6) is 0.717. The SMILES string of the molecule is CN(C(=O)C=Cc1ccco1)C1CCC(N)CC1. The van der Waals surface area contributed by atoms with Crippen LogP contribution in [-0.4, -0.2) is 29.9 Å². The van der Waals surface area contributed by atoms with Gasteiger partial charge in [-0.05, 0) is 43.9 Å². The minimum Gasteiger partial charge on any atom is -0.465 e. The van der Waals surface area contributed by atoms with E-state index in [0.29, 0.717) is 17.8 Å². The normalized spacial score (nSPS) is 24.3. The molecule has 0 aromatic carbocycles. The topological polar surface area (TPSA) is 59.5 Å². The van der Waals surface area contributed by atoms with E-state index in [2.05, 4.69) is 0 Å². The largest absolute Gasteiger partial charge is 0.465 e. The van der Waals surface area contributed by atoms with E-state index in [1.54, 1.807) is 24.5 Å². The fourth-order valence-corrected chi connectivity index (χ4v) is 2.33. The average molecular weight is 248 g/mol. The number of hydrogen-bond acceptors (Lipinski definition) is 3. The van der Waals surface area contributed by atoms with Crippen LogP contribution in [0, 0.1) is 0 Å². The quantitative estimate of drug-likeness (QED) is 0.832. The van der Waals surface area contributed by atoms with Crippen LogP contribution in [0.1, 0.15) is 31.4 Å². The van der Waals surface area contributed by atoms with Crippen LogP contribution in [0.25, 0.3) is 6.08 Å². The van der Waals surface area contributed by atoms with Crippen molar-refractivity contribution in [1.29, 1.82) is 0 Å². The number of furan rings is 1. The molecular weight excluding hydrogens is 228 g/mol. The third-order valence-electron chi connectivity index (χ3n) is 3.57. The number of nitrogens with zero attached hydrogens (tertiary/aromatic N) is 1. The van der Waals surface area contributed by atoms with Gasteiger partial charge in [0.05, 0.1) is 6.26 Å². The number of likely N-dealkylation sites (N-methyl/N-ethyl adjacent to an activating group) is 1. The molecule has 1 heterocycles. The number of rotatable bonds is 3. The van der Waals surface area contributed by atoms with Crippen molar-refractivity contribution in [2.24, 2.45) is 5.73 Å². The van der Waals surface area contributed by atoms with Crippen LogP contribution in [0.4, 0.5) is 0 Å². The Bertz CT molecular complexity index is 403. The molecule has 98 valence electrons. The van der Waals surface area contributed by atoms with Crippen LogP contribution in [0.15, 0.2) is 28.9 Å². The fourth-order valence-electron chi connectivity index (χ4n) is 2.33. The average Bonchev–Trinajstić information content (AvgIpc) is 2.89. The lowest BCUT2D eigenvalue weighted by Gasteiger charge is -2.32. The minimum atomic E-state index is 0.0203. The monoisotopic (exact) mass is 248 g/mol. The van der Waals surface area contributed by atoms with Crippen molar-refractivity contribution in [3.8, 4) is 0 Å². The Labute approximate surface area is 107 Å². The van der Waals surface area contributed by atoms with E-state index in [0.717, 1.165) is 25.7 Å². The van der Waals surface area contributed by atoms with Crippen molar-refractivity contribution in [1.82, 2.24) is 4.90 Å². The van der Waals surface area contributed by atoms with Gasteiger partial charge in [0.1, 0.15) is 5.76 Å². The predicted molar refractivity (Wildman–Crippen MR) is 70.7 cm³/mol. The lowest BCUT2D eigenvalue weighted by molar-refractivity contribution is -0.127. The Morgan fingerprint density at radius 2 is 2.17 bits per heavy atom. The predicted octanol–water partition coefficient (Wildman–Crippen LogP) is 2.02. The highest BCUT2D eigenvalue weighted by Crippen LogP contribution is 2.21. The van der Waals surface area contributed by atoms with E-state index in [1.165, 1.54) is 0 Å². The summed E-state index contributed by atoms with van der Waals surface area (Å²) in [7, 11) is 1.86. The van der Waals surface area contributed by atoms with Crippen LogP contribution >= 0.6 is 0 Å². The maximum absolute atomic E-state index is 12.0. The van der Waals surface area contributed by atoms with Gasteiger partial charge in [-0.15, -0.1) is 0 Å². The highest BCUT2D eigenvalue weighted by molar-refractivity contribution is 5.91. The summed E-state index contributed by atoms with van der Waals surface area (Å²) in [5, 5.41) is 0. The summed E-state index contributed by atoms with van der Waals surface area (Å²) in [6, 6.07) is 4.25. The Balaban J connectivity index is 1.88. The summed E-state index contributed by atoms with van der Waals surface area (Å²) in [5.41, 5.74) is 5.87. The molecule has 0 bridgehead atoms. The van der Waals surface area contributed by atoms with Gasteiger partial charge < -0.3 is 15.1 Å². The van der Waals surface area contributed by atoms with Crippen molar-refractivity contribution >= 4 is 12.0 Å². The second-order valence-electron chi connectivity index (χ2n) is 4.87. The van der Waals surface area contributed by atoms with Crippen molar-refractivity contribution in [2.45, 2.75) is 37.8 Å². The standard InChI is InChI=1S/C14H20N2O2/c1-16(12-6-4-11(15)5-7-12)14(17)9-8-13-3-2-10-18-13/h2-3,8-12H,4-7,15H2,1H3. The molecule has 0 spiro atoms. The molecule has 2 N–H and O–H groups in total. The van der Waals surface area contributed by atoms with E-state index >= 15 is 0 Å². The van der Waals surface area contributed by atoms with Gasteiger partial charge in [0.25, 0.3) is 0 Å². The summed E-state index contributed by atoms with van der Waals surface area (Å²) in [4.78, 5) is 13.8. The lowest BCUT2D eigenvalue weighted by Crippen LogP contribution is -2.41. The van der Waals surface area contributed by atoms with Crippen LogP contribution in [-0.2, 0) is 4.79 Å². The van der Waals surface area contributed by atoms with E-state index < -0.39 is 0 Å². The van der Waals surface area contributed by atoms with Gasteiger partial charge in [0.2, 0.25) is 5.91 Å². The zero-order valence-corrected chi connectivity index (χ0v) is 10.7. The Morgan fingerprint density at radius 1 is 1.44 bits per heavy atom. The smallest absolute Gasteiger partial charge is 0.246 e. The maximum atomic E-state index is 12.0. The Hall–Kier alpha value is -1.55. The molecule has 1 saturated carbocycles. The minimum absolute atomic E-state index is 0.0203. The number of hydrogen-bond donors (Lipinski definition) is 1. The highest BCUT2D eigenvalue weighted by atomic mass is 16.3. The Kier molecular flexibility index (Phi) is 4.20. The van der Waals surface area contributed by atoms with Gasteiger partial charge in [-0.3, -0.25) is 4.79 Å². The zero-order valence-electron chi connectivity index (χ0n) is 10.7. The molecule has 4 nitrogen and oxygen atoms in total. The first-order valence-electron chi connectivity index (χ1n) is 6.41. The third kappa shape index (κ3) is 3.23. The molecular formula is C14H20N2O2. The van der Waals surface area contributed by atoms with E-state index in [1.807, 2.05) is 18.0 Å². The Morgan fingerprint density at radius 3 is 2.78 bits per heavy atom. The number of amides is 1. The molecule has 0 atom stereocenters. The van der Waals surface area contributed by atoms with Crippen molar-refractivity contribution in [2.75, 3.05) is 7.05 Å². The molecule has 1 aromatic rings. The summed E-state index contributed by atoms with van der Waals surface area (Å²) < 4.78 is 5.15. The number of carbonyl (C=O) groups excluding carboxylic acids is 1. The molecule has 1 aliphatic carbocycles. The second kappa shape index (κ2) is 5.87. The molecule has 1 fully saturated rings. The zero-order chi connectivity index (χ0) is 13.0. The molecule has 18 heavy (non-hydrogen) atoms. The third-order valence-corrected chi connectivity index (χ3v) is 3.57. The molecule has 1 aromatic heterocycles. The van der Waals surface area contributed by atoms with Gasteiger partial charge in [0.15, 0.2) is 0 Å². The molecule has 0 aliphatic heterocycles. The van der Waals surface area contributed by atoms with Crippen LogP contribution in [0.5, 0.6) is 0 Å². The van der Waals surface area contributed by atoms with E-state index in [4.69, 9.17) is 10.2 Å². The summed E-state index contributed by atoms with van der Waals surface area (Å²) in [6.07, 6.45) is 8.86. The lowest BCUT2D eigenvalue weighted by atomic mass is 9.91. The van der Waals surface area contributed by atoms with Gasteiger partial charge in [-0.25, -0.2) is 0 Å². The van der Waals surface area contributed by atoms with Crippen LogP contribution in [0.2, 0.25) is 0 Å². The first-order valence-corrected chi connectivity index (χ1v) is 6.41. The summed E-state index contributed by atoms with van der Waals surface area (Å²) in [6.45, 7) is 0. The number of carbonyl (C=O) groups is 1. The number of nitrogens with two attached hydrogens (primary N) is 1. The van der Waals surface area contributed by atoms with Gasteiger partial charge in [-0.1, -0.05) is 0 Å². The van der Waals surface area contributed by atoms with E-state index in [-0.39, 0.29) is 5.91 Å². The first kappa shape index (κ1) is 12.9. The first-order chi connectivity index (χ1) is 8.66. The second-order valence-corrected chi connectivity index (χ2v) is 4.87. The van der Waals surface area contributed by atoms with Crippen LogP contribution < -0.4 is 5.73 Å². The van der Waals surface area contributed by atoms with Crippen LogP contribution in [0.3, 0.4) is 0 Å². The molecule has 1 amide bonds. The molecule has 4 heteroatoms. The highest BCUT2D eigenvalue weighted by Gasteiger charge is 2.23. The molecule has 0 saturated heterocycles.